The number of anilines is 2. The van der Waals surface area contributed by atoms with Gasteiger partial charge in [0.15, 0.2) is 5.82 Å². The molecule has 1 amide bonds. The molecule has 14 heteroatoms. The highest BCUT2D eigenvalue weighted by Crippen LogP contribution is 2.28. The van der Waals surface area contributed by atoms with Crippen molar-refractivity contribution in [3.05, 3.63) is 81.6 Å². The molecule has 0 radical (unpaired) electrons. The number of amides is 1. The predicted octanol–water partition coefficient (Wildman–Crippen LogP) is 2.80. The Labute approximate surface area is 223 Å². The molecule has 0 aliphatic heterocycles. The van der Waals surface area contributed by atoms with E-state index in [4.69, 9.17) is 9.15 Å². The molecule has 4 aromatic rings. The summed E-state index contributed by atoms with van der Waals surface area (Å²) in [7, 11) is 2.06. The van der Waals surface area contributed by atoms with Crippen LogP contribution in [0.3, 0.4) is 0 Å². The van der Waals surface area contributed by atoms with Crippen LogP contribution in [0.25, 0.3) is 11.0 Å². The van der Waals surface area contributed by atoms with Crippen LogP contribution in [0.2, 0.25) is 0 Å². The number of benzene rings is 2. The lowest BCUT2D eigenvalue weighted by atomic mass is 9.97. The average molecular weight is 559 g/mol. The maximum absolute atomic E-state index is 15.3. The van der Waals surface area contributed by atoms with Gasteiger partial charge in [-0.05, 0) is 29.3 Å². The molecule has 39 heavy (non-hydrogen) atoms. The highest BCUT2D eigenvalue weighted by atomic mass is 32.2. The molecule has 206 valence electrons. The lowest BCUT2D eigenvalue weighted by Gasteiger charge is -2.15. The van der Waals surface area contributed by atoms with Crippen molar-refractivity contribution in [3.63, 3.8) is 0 Å². The number of hydrogen-bond acceptors (Lipinski definition) is 8. The fourth-order valence-electron chi connectivity index (χ4n) is 3.79. The van der Waals surface area contributed by atoms with Crippen LogP contribution in [0, 0.1) is 5.82 Å². The van der Waals surface area contributed by atoms with Gasteiger partial charge in [-0.25, -0.2) is 18.7 Å². The van der Waals surface area contributed by atoms with Gasteiger partial charge in [0.05, 0.1) is 5.69 Å². The fraction of sp³-hybridized carbons (Fsp3) is 0.240. The standard InChI is InChI=1S/C25H27FN6O6S/c1-27-39(35,36)30-20-7-5-6-15(23(20)26)12-18-19(14-28-22-10-11-32(4)29-22)17-9-8-16(37-25(34)31(2)3)13-21(17)38-24(18)33/h5-11,13,27,30H,12,14H2,1-4H3,(H,28,29). The quantitative estimate of drug-likeness (QED) is 0.266. The van der Waals surface area contributed by atoms with Gasteiger partial charge < -0.3 is 19.4 Å². The number of nitrogens with zero attached hydrogens (tertiary/aromatic N) is 3. The summed E-state index contributed by atoms with van der Waals surface area (Å²) >= 11 is 0. The van der Waals surface area contributed by atoms with E-state index >= 15 is 4.39 Å². The number of fused-ring (bicyclic) bond motifs is 1. The number of hydrogen-bond donors (Lipinski definition) is 3. The van der Waals surface area contributed by atoms with Gasteiger partial charge in [0.1, 0.15) is 17.2 Å². The third-order valence-corrected chi connectivity index (χ3v) is 6.81. The summed E-state index contributed by atoms with van der Waals surface area (Å²) in [5, 5.41) is 7.97. The van der Waals surface area contributed by atoms with Crippen LogP contribution in [-0.4, -0.2) is 50.3 Å². The predicted molar refractivity (Wildman–Crippen MR) is 144 cm³/mol. The lowest BCUT2D eigenvalue weighted by Crippen LogP contribution is -2.27. The molecule has 0 bridgehead atoms. The van der Waals surface area contributed by atoms with E-state index < -0.39 is 27.7 Å². The minimum absolute atomic E-state index is 0.0774. The van der Waals surface area contributed by atoms with Crippen LogP contribution < -0.4 is 25.1 Å². The first-order chi connectivity index (χ1) is 18.5. The van der Waals surface area contributed by atoms with Crippen LogP contribution in [0.15, 0.2) is 57.9 Å². The molecule has 0 aliphatic carbocycles. The topological polar surface area (TPSA) is 148 Å². The molecule has 0 unspecified atom stereocenters. The number of ether oxygens (including phenoxy) is 1. The third kappa shape index (κ3) is 6.35. The van der Waals surface area contributed by atoms with E-state index in [1.54, 1.807) is 36.1 Å². The Kier molecular flexibility index (Phi) is 7.88. The van der Waals surface area contributed by atoms with Crippen LogP contribution in [0.5, 0.6) is 5.75 Å². The van der Waals surface area contributed by atoms with Crippen LogP contribution in [0.4, 0.5) is 20.7 Å². The molecule has 0 spiro atoms. The number of carbonyl (C=O) groups is 1. The summed E-state index contributed by atoms with van der Waals surface area (Å²) in [5.74, 6) is -0.0993. The van der Waals surface area contributed by atoms with Gasteiger partial charge in [0.2, 0.25) is 0 Å². The van der Waals surface area contributed by atoms with Gasteiger partial charge in [-0.2, -0.15) is 13.5 Å². The van der Waals surface area contributed by atoms with Gasteiger partial charge in [-0.3, -0.25) is 9.40 Å². The van der Waals surface area contributed by atoms with Gasteiger partial charge in [-0.15, -0.1) is 0 Å². The largest absolute Gasteiger partial charge is 0.422 e. The molecule has 0 saturated heterocycles. The van der Waals surface area contributed by atoms with E-state index in [-0.39, 0.29) is 41.1 Å². The van der Waals surface area contributed by atoms with Crippen LogP contribution in [-0.2, 0) is 30.2 Å². The molecule has 4 rings (SSSR count). The molecule has 2 aromatic heterocycles. The number of aromatic nitrogens is 2. The molecule has 0 fully saturated rings. The number of carbonyl (C=O) groups excluding carboxylic acids is 1. The van der Waals surface area contributed by atoms with E-state index in [2.05, 4.69) is 19.9 Å². The monoisotopic (exact) mass is 558 g/mol. The Bertz CT molecular complexity index is 1700. The fourth-order valence-corrected chi connectivity index (χ4v) is 4.34. The lowest BCUT2D eigenvalue weighted by molar-refractivity contribution is 0.172. The summed E-state index contributed by atoms with van der Waals surface area (Å²) in [6, 6.07) is 10.6. The average Bonchev–Trinajstić information content (AvgIpc) is 3.30. The second-order valence-corrected chi connectivity index (χ2v) is 10.4. The molecule has 0 saturated carbocycles. The molecule has 12 nitrogen and oxygen atoms in total. The molecule has 2 heterocycles. The summed E-state index contributed by atoms with van der Waals surface area (Å²) in [6.07, 6.45) is 0.962. The molecule has 0 atom stereocenters. The SMILES string of the molecule is CNS(=O)(=O)Nc1cccc(Cc2c(CNc3ccn(C)n3)c3ccc(OC(=O)N(C)C)cc3oc2=O)c1F. The zero-order valence-corrected chi connectivity index (χ0v) is 22.4. The first-order valence-electron chi connectivity index (χ1n) is 11.7. The second-order valence-electron chi connectivity index (χ2n) is 8.76. The summed E-state index contributed by atoms with van der Waals surface area (Å²) in [4.78, 5) is 26.4. The van der Waals surface area contributed by atoms with Crippen molar-refractivity contribution in [1.82, 2.24) is 19.4 Å². The Morgan fingerprint density at radius 2 is 1.95 bits per heavy atom. The van der Waals surface area contributed by atoms with Crippen molar-refractivity contribution in [1.29, 1.82) is 0 Å². The molecular weight excluding hydrogens is 531 g/mol. The van der Waals surface area contributed by atoms with E-state index in [1.807, 2.05) is 0 Å². The third-order valence-electron chi connectivity index (χ3n) is 5.78. The highest BCUT2D eigenvalue weighted by molar-refractivity contribution is 7.90. The number of rotatable bonds is 9. The van der Waals surface area contributed by atoms with Crippen molar-refractivity contribution in [2.45, 2.75) is 13.0 Å². The minimum atomic E-state index is -3.96. The Balaban J connectivity index is 1.78. The molecule has 2 aromatic carbocycles. The van der Waals surface area contributed by atoms with Crippen LogP contribution >= 0.6 is 0 Å². The van der Waals surface area contributed by atoms with Crippen LogP contribution in [0.1, 0.15) is 16.7 Å². The van der Waals surface area contributed by atoms with E-state index in [1.165, 1.54) is 50.3 Å². The van der Waals surface area contributed by atoms with E-state index in [0.29, 0.717) is 16.8 Å². The van der Waals surface area contributed by atoms with Crippen molar-refractivity contribution >= 4 is 38.8 Å². The summed E-state index contributed by atoms with van der Waals surface area (Å²) < 4.78 is 55.8. The zero-order valence-electron chi connectivity index (χ0n) is 21.6. The highest BCUT2D eigenvalue weighted by Gasteiger charge is 2.20. The second kappa shape index (κ2) is 11.1. The Hall–Kier alpha value is -4.43. The first-order valence-corrected chi connectivity index (χ1v) is 13.2. The summed E-state index contributed by atoms with van der Waals surface area (Å²) in [6.45, 7) is 0.138. The van der Waals surface area contributed by atoms with Gasteiger partial charge >= 0.3 is 11.7 Å². The normalized spacial score (nSPS) is 11.4. The minimum Gasteiger partial charge on any atom is -0.422 e. The zero-order chi connectivity index (χ0) is 28.3. The van der Waals surface area contributed by atoms with Gasteiger partial charge in [0.25, 0.3) is 10.2 Å². The molecule has 0 aliphatic rings. The van der Waals surface area contributed by atoms with Crippen molar-refractivity contribution in [3.8, 4) is 5.75 Å². The number of nitrogens with one attached hydrogen (secondary N) is 3. The van der Waals surface area contributed by atoms with E-state index in [9.17, 15) is 18.0 Å². The van der Waals surface area contributed by atoms with Crippen molar-refractivity contribution in [2.75, 3.05) is 31.2 Å². The van der Waals surface area contributed by atoms with Crippen molar-refractivity contribution in [2.24, 2.45) is 7.05 Å². The van der Waals surface area contributed by atoms with Gasteiger partial charge in [-0.1, -0.05) is 12.1 Å². The maximum atomic E-state index is 15.3. The number of aryl methyl sites for hydroxylation is 1. The maximum Gasteiger partial charge on any atom is 0.414 e. The smallest absolute Gasteiger partial charge is 0.414 e. The molecule has 3 N–H and O–H groups in total. The Morgan fingerprint density at radius 3 is 2.62 bits per heavy atom. The van der Waals surface area contributed by atoms with E-state index in [0.717, 1.165) is 0 Å². The molecular formula is C25H27FN6O6S. The van der Waals surface area contributed by atoms with Gasteiger partial charge in [0, 0.05) is 70.4 Å². The number of halogens is 1. The van der Waals surface area contributed by atoms with Crippen molar-refractivity contribution < 1.29 is 26.8 Å². The Morgan fingerprint density at radius 1 is 1.18 bits per heavy atom. The first kappa shape index (κ1) is 27.6. The summed E-state index contributed by atoms with van der Waals surface area (Å²) in [5.41, 5.74) is -0.0748.